The Balaban J connectivity index is 2.09. The van der Waals surface area contributed by atoms with Crippen LogP contribution in [0.25, 0.3) is 0 Å². The third-order valence-electron chi connectivity index (χ3n) is 3.72. The molecule has 5 heteroatoms. The number of carbonyl (C=O) groups excluding carboxylic acids is 1. The van der Waals surface area contributed by atoms with Gasteiger partial charge in [-0.15, -0.1) is 0 Å². The number of amides is 2. The van der Waals surface area contributed by atoms with Crippen LogP contribution in [0.3, 0.4) is 0 Å². The van der Waals surface area contributed by atoms with E-state index in [1.54, 1.807) is 25.3 Å². The third kappa shape index (κ3) is 4.45. The van der Waals surface area contributed by atoms with Gasteiger partial charge in [0.2, 0.25) is 0 Å². The van der Waals surface area contributed by atoms with Crippen LogP contribution >= 0.6 is 0 Å². The smallest absolute Gasteiger partial charge is 0.322 e. The quantitative estimate of drug-likeness (QED) is 0.873. The number of carbonyl (C=O) groups is 1. The first-order valence-corrected chi connectivity index (χ1v) is 7.74. The zero-order valence-electron chi connectivity index (χ0n) is 13.8. The van der Waals surface area contributed by atoms with E-state index in [2.05, 4.69) is 17.2 Å². The van der Waals surface area contributed by atoms with Crippen molar-refractivity contribution in [1.29, 1.82) is 0 Å². The predicted molar refractivity (Wildman–Crippen MR) is 91.7 cm³/mol. The van der Waals surface area contributed by atoms with Gasteiger partial charge in [-0.1, -0.05) is 19.4 Å². The molecule has 1 N–H and O–H groups in total. The van der Waals surface area contributed by atoms with Crippen LogP contribution in [0.2, 0.25) is 0 Å². The lowest BCUT2D eigenvalue weighted by molar-refractivity contribution is 0.199. The van der Waals surface area contributed by atoms with Crippen LogP contribution < -0.4 is 10.1 Å². The molecule has 1 aromatic carbocycles. The summed E-state index contributed by atoms with van der Waals surface area (Å²) in [5.41, 5.74) is 1.64. The van der Waals surface area contributed by atoms with Crippen LogP contribution in [0, 0.1) is 0 Å². The van der Waals surface area contributed by atoms with Gasteiger partial charge in [0.15, 0.2) is 0 Å². The number of urea groups is 1. The van der Waals surface area contributed by atoms with Crippen molar-refractivity contribution in [2.45, 2.75) is 25.8 Å². The second-order valence-corrected chi connectivity index (χ2v) is 5.33. The average molecular weight is 313 g/mol. The number of rotatable bonds is 6. The summed E-state index contributed by atoms with van der Waals surface area (Å²) in [5, 5.41) is 2.91. The van der Waals surface area contributed by atoms with Gasteiger partial charge in [-0.25, -0.2) is 4.79 Å². The van der Waals surface area contributed by atoms with Crippen molar-refractivity contribution in [1.82, 2.24) is 9.88 Å². The summed E-state index contributed by atoms with van der Waals surface area (Å²) in [7, 11) is 3.41. The summed E-state index contributed by atoms with van der Waals surface area (Å²) in [4.78, 5) is 18.6. The van der Waals surface area contributed by atoms with Gasteiger partial charge in [0.1, 0.15) is 5.75 Å². The number of nitrogens with zero attached hydrogens (tertiary/aromatic N) is 2. The normalized spacial score (nSPS) is 11.6. The monoisotopic (exact) mass is 313 g/mol. The Morgan fingerprint density at radius 1 is 1.26 bits per heavy atom. The molecule has 0 aliphatic heterocycles. The van der Waals surface area contributed by atoms with Gasteiger partial charge in [-0.05, 0) is 42.8 Å². The van der Waals surface area contributed by atoms with Crippen LogP contribution in [0.4, 0.5) is 10.5 Å². The molecular formula is C18H23N3O2. The number of aromatic nitrogens is 1. The minimum atomic E-state index is -0.153. The van der Waals surface area contributed by atoms with Gasteiger partial charge >= 0.3 is 6.03 Å². The Morgan fingerprint density at radius 2 is 2.00 bits per heavy atom. The lowest BCUT2D eigenvalue weighted by Crippen LogP contribution is -2.35. The van der Waals surface area contributed by atoms with Gasteiger partial charge in [0.25, 0.3) is 0 Å². The standard InChI is InChI=1S/C18H23N3O2/c1-4-7-17(16-8-5-6-13-19-16)21(2)18(22)20-14-9-11-15(23-3)12-10-14/h5-6,8-13,17H,4,7H2,1-3H3,(H,20,22)/t17-/m0/s1. The van der Waals surface area contributed by atoms with Crippen molar-refractivity contribution in [3.63, 3.8) is 0 Å². The predicted octanol–water partition coefficient (Wildman–Crippen LogP) is 4.10. The van der Waals surface area contributed by atoms with Crippen molar-refractivity contribution in [2.75, 3.05) is 19.5 Å². The highest BCUT2D eigenvalue weighted by Crippen LogP contribution is 2.24. The molecule has 2 amide bonds. The highest BCUT2D eigenvalue weighted by Gasteiger charge is 2.22. The van der Waals surface area contributed by atoms with Gasteiger partial charge in [0.05, 0.1) is 18.8 Å². The van der Waals surface area contributed by atoms with Gasteiger partial charge in [-0.2, -0.15) is 0 Å². The number of ether oxygens (including phenoxy) is 1. The van der Waals surface area contributed by atoms with Crippen molar-refractivity contribution in [3.05, 3.63) is 54.4 Å². The van der Waals surface area contributed by atoms with E-state index in [0.29, 0.717) is 0 Å². The molecule has 1 atom stereocenters. The lowest BCUT2D eigenvalue weighted by atomic mass is 10.1. The molecule has 23 heavy (non-hydrogen) atoms. The molecule has 5 nitrogen and oxygen atoms in total. The second-order valence-electron chi connectivity index (χ2n) is 5.33. The molecule has 0 bridgehead atoms. The zero-order chi connectivity index (χ0) is 16.7. The first-order chi connectivity index (χ1) is 11.2. The van der Waals surface area contributed by atoms with E-state index >= 15 is 0 Å². The number of pyridine rings is 1. The van der Waals surface area contributed by atoms with Crippen LogP contribution in [0.15, 0.2) is 48.7 Å². The molecule has 1 heterocycles. The van der Waals surface area contributed by atoms with Gasteiger partial charge < -0.3 is 15.0 Å². The molecule has 0 saturated heterocycles. The topological polar surface area (TPSA) is 54.5 Å². The van der Waals surface area contributed by atoms with E-state index in [4.69, 9.17) is 4.74 Å². The number of benzene rings is 1. The van der Waals surface area contributed by atoms with Crippen molar-refractivity contribution in [3.8, 4) is 5.75 Å². The number of nitrogens with one attached hydrogen (secondary N) is 1. The average Bonchev–Trinajstić information content (AvgIpc) is 2.60. The van der Waals surface area contributed by atoms with E-state index in [9.17, 15) is 4.79 Å². The van der Waals surface area contributed by atoms with E-state index in [-0.39, 0.29) is 12.1 Å². The summed E-state index contributed by atoms with van der Waals surface area (Å²) >= 11 is 0. The SMILES string of the molecule is CCC[C@@H](c1ccccn1)N(C)C(=O)Nc1ccc(OC)cc1. The Morgan fingerprint density at radius 3 is 2.57 bits per heavy atom. The van der Waals surface area contributed by atoms with Crippen molar-refractivity contribution in [2.24, 2.45) is 0 Å². The summed E-state index contributed by atoms with van der Waals surface area (Å²) in [6.45, 7) is 2.10. The molecule has 0 fully saturated rings. The lowest BCUT2D eigenvalue weighted by Gasteiger charge is -2.27. The minimum Gasteiger partial charge on any atom is -0.497 e. The van der Waals surface area contributed by atoms with Gasteiger partial charge in [-0.3, -0.25) is 4.98 Å². The maximum absolute atomic E-state index is 12.5. The molecule has 122 valence electrons. The molecule has 0 saturated carbocycles. The number of methoxy groups -OCH3 is 1. The Kier molecular flexibility index (Phi) is 5.97. The fraction of sp³-hybridized carbons (Fsp3) is 0.333. The van der Waals surface area contributed by atoms with Crippen molar-refractivity contribution >= 4 is 11.7 Å². The third-order valence-corrected chi connectivity index (χ3v) is 3.72. The molecule has 2 aromatic rings. The fourth-order valence-electron chi connectivity index (χ4n) is 2.41. The highest BCUT2D eigenvalue weighted by molar-refractivity contribution is 5.89. The molecule has 1 aromatic heterocycles. The molecule has 2 rings (SSSR count). The number of hydrogen-bond donors (Lipinski definition) is 1. The first kappa shape index (κ1) is 16.8. The van der Waals surface area contributed by atoms with Gasteiger partial charge in [0, 0.05) is 18.9 Å². The molecule has 0 spiro atoms. The maximum Gasteiger partial charge on any atom is 0.322 e. The molecule has 0 unspecified atom stereocenters. The van der Waals surface area contributed by atoms with Crippen LogP contribution in [-0.4, -0.2) is 30.1 Å². The van der Waals surface area contributed by atoms with E-state index in [1.165, 1.54) is 0 Å². The van der Waals surface area contributed by atoms with Crippen LogP contribution in [0.5, 0.6) is 5.75 Å². The summed E-state index contributed by atoms with van der Waals surface area (Å²) in [6.07, 6.45) is 3.60. The number of hydrogen-bond acceptors (Lipinski definition) is 3. The summed E-state index contributed by atoms with van der Waals surface area (Å²) < 4.78 is 5.12. The largest absolute Gasteiger partial charge is 0.497 e. The zero-order valence-corrected chi connectivity index (χ0v) is 13.8. The second kappa shape index (κ2) is 8.17. The van der Waals surface area contributed by atoms with E-state index in [1.807, 2.05) is 42.5 Å². The Bertz CT molecular complexity index is 614. The summed E-state index contributed by atoms with van der Waals surface area (Å²) in [6, 6.07) is 12.9. The highest BCUT2D eigenvalue weighted by atomic mass is 16.5. The van der Waals surface area contributed by atoms with Crippen LogP contribution in [-0.2, 0) is 0 Å². The maximum atomic E-state index is 12.5. The molecular weight excluding hydrogens is 290 g/mol. The minimum absolute atomic E-state index is 0.0422. The van der Waals surface area contributed by atoms with Crippen molar-refractivity contribution < 1.29 is 9.53 Å². The molecule has 0 aliphatic carbocycles. The van der Waals surface area contributed by atoms with E-state index < -0.39 is 0 Å². The van der Waals surface area contributed by atoms with E-state index in [0.717, 1.165) is 30.0 Å². The fourth-order valence-corrected chi connectivity index (χ4v) is 2.41. The Hall–Kier alpha value is -2.56. The van der Waals surface area contributed by atoms with Crippen LogP contribution in [0.1, 0.15) is 31.5 Å². The summed E-state index contributed by atoms with van der Waals surface area (Å²) in [5.74, 6) is 0.758. The first-order valence-electron chi connectivity index (χ1n) is 7.74. The Labute approximate surface area is 137 Å². The number of anilines is 1. The molecule has 0 radical (unpaired) electrons. The molecule has 0 aliphatic rings.